The van der Waals surface area contributed by atoms with Crippen LogP contribution in [0.3, 0.4) is 0 Å². The summed E-state index contributed by atoms with van der Waals surface area (Å²) in [5.41, 5.74) is 0.344. The minimum atomic E-state index is -0.323. The van der Waals surface area contributed by atoms with E-state index in [1.807, 2.05) is 6.92 Å². The Morgan fingerprint density at radius 3 is 3.05 bits per heavy atom. The molecule has 3 N–H and O–H groups in total. The number of halogens is 1. The number of carbonyl (C=O) groups excluding carboxylic acids is 1. The van der Waals surface area contributed by atoms with E-state index >= 15 is 0 Å². The molecule has 0 saturated heterocycles. The molecule has 0 aliphatic heterocycles. The molecular formula is C10H12ClN7O. The Labute approximate surface area is 114 Å². The van der Waals surface area contributed by atoms with Crippen molar-refractivity contribution in [1.29, 1.82) is 0 Å². The second-order valence-electron chi connectivity index (χ2n) is 3.59. The number of nitrogens with zero attached hydrogens (tertiary/aromatic N) is 4. The molecule has 100 valence electrons. The van der Waals surface area contributed by atoms with Crippen molar-refractivity contribution >= 4 is 23.3 Å². The first-order chi connectivity index (χ1) is 9.20. The van der Waals surface area contributed by atoms with Crippen molar-refractivity contribution < 1.29 is 4.79 Å². The van der Waals surface area contributed by atoms with Gasteiger partial charge in [0.25, 0.3) is 5.91 Å². The molecule has 1 amide bonds. The Kier molecular flexibility index (Phi) is 4.24. The van der Waals surface area contributed by atoms with Gasteiger partial charge in [0.05, 0.1) is 17.1 Å². The normalized spacial score (nSPS) is 10.2. The van der Waals surface area contributed by atoms with E-state index in [-0.39, 0.29) is 17.5 Å². The van der Waals surface area contributed by atoms with E-state index in [0.717, 1.165) is 0 Å². The Morgan fingerprint density at radius 2 is 2.37 bits per heavy atom. The Bertz CT molecular complexity index is 557. The first-order valence-corrected chi connectivity index (χ1v) is 5.98. The van der Waals surface area contributed by atoms with Crippen molar-refractivity contribution in [3.63, 3.8) is 0 Å². The van der Waals surface area contributed by atoms with Gasteiger partial charge in [0, 0.05) is 12.7 Å². The highest BCUT2D eigenvalue weighted by Gasteiger charge is 2.12. The van der Waals surface area contributed by atoms with Gasteiger partial charge in [-0.05, 0) is 13.0 Å². The minimum Gasteiger partial charge on any atom is -0.370 e. The van der Waals surface area contributed by atoms with Gasteiger partial charge < -0.3 is 10.6 Å². The van der Waals surface area contributed by atoms with E-state index in [1.54, 1.807) is 6.07 Å². The van der Waals surface area contributed by atoms with E-state index in [4.69, 9.17) is 11.6 Å². The third kappa shape index (κ3) is 3.38. The van der Waals surface area contributed by atoms with E-state index < -0.39 is 0 Å². The molecule has 0 fully saturated rings. The van der Waals surface area contributed by atoms with Crippen molar-refractivity contribution in [2.75, 3.05) is 11.9 Å². The maximum atomic E-state index is 12.0. The topological polar surface area (TPSA) is 108 Å². The quantitative estimate of drug-likeness (QED) is 0.741. The fraction of sp³-hybridized carbons (Fsp3) is 0.300. The van der Waals surface area contributed by atoms with Crippen LogP contribution in [0.25, 0.3) is 0 Å². The number of amides is 1. The van der Waals surface area contributed by atoms with Gasteiger partial charge in [-0.25, -0.2) is 4.98 Å². The molecule has 0 aliphatic carbocycles. The molecule has 0 saturated carbocycles. The number of hydrogen-bond acceptors (Lipinski definition) is 6. The molecule has 2 rings (SSSR count). The van der Waals surface area contributed by atoms with Gasteiger partial charge >= 0.3 is 0 Å². The molecule has 0 bridgehead atoms. The largest absolute Gasteiger partial charge is 0.370 e. The Hall–Kier alpha value is -2.22. The number of rotatable bonds is 5. The number of aromatic nitrogens is 5. The Balaban J connectivity index is 2.07. The minimum absolute atomic E-state index is 0.171. The second kappa shape index (κ2) is 6.10. The van der Waals surface area contributed by atoms with E-state index in [1.165, 1.54) is 6.20 Å². The molecule has 2 aromatic rings. The SMILES string of the molecule is CCNc1cc(C(=O)NCc2nn[nH]n2)c(Cl)cn1. The van der Waals surface area contributed by atoms with Gasteiger partial charge in [-0.15, -0.1) is 10.2 Å². The first kappa shape index (κ1) is 13.2. The predicted molar refractivity (Wildman–Crippen MR) is 68.8 cm³/mol. The van der Waals surface area contributed by atoms with Gasteiger partial charge in [-0.3, -0.25) is 4.79 Å². The summed E-state index contributed by atoms with van der Waals surface area (Å²) in [4.78, 5) is 16.0. The van der Waals surface area contributed by atoms with Crippen molar-refractivity contribution in [2.24, 2.45) is 0 Å². The summed E-state index contributed by atoms with van der Waals surface area (Å²) < 4.78 is 0. The van der Waals surface area contributed by atoms with Crippen molar-refractivity contribution in [3.8, 4) is 0 Å². The molecule has 0 radical (unpaired) electrons. The summed E-state index contributed by atoms with van der Waals surface area (Å²) in [5, 5.41) is 19.1. The summed E-state index contributed by atoms with van der Waals surface area (Å²) in [6, 6.07) is 1.59. The van der Waals surface area contributed by atoms with Crippen molar-refractivity contribution in [3.05, 3.63) is 28.7 Å². The van der Waals surface area contributed by atoms with Crippen LogP contribution in [0, 0.1) is 0 Å². The smallest absolute Gasteiger partial charge is 0.253 e. The van der Waals surface area contributed by atoms with Crippen LogP contribution in [0.1, 0.15) is 23.1 Å². The summed E-state index contributed by atoms with van der Waals surface area (Å²) in [7, 11) is 0. The van der Waals surface area contributed by atoms with Crippen LogP contribution in [0.4, 0.5) is 5.82 Å². The van der Waals surface area contributed by atoms with Crippen LogP contribution in [0.15, 0.2) is 12.3 Å². The number of anilines is 1. The van der Waals surface area contributed by atoms with Gasteiger partial charge in [-0.1, -0.05) is 16.8 Å². The lowest BCUT2D eigenvalue weighted by atomic mass is 10.2. The van der Waals surface area contributed by atoms with E-state index in [9.17, 15) is 4.79 Å². The van der Waals surface area contributed by atoms with Crippen LogP contribution >= 0.6 is 11.6 Å². The zero-order chi connectivity index (χ0) is 13.7. The summed E-state index contributed by atoms with van der Waals surface area (Å²) in [6.07, 6.45) is 1.43. The predicted octanol–water partition coefficient (Wildman–Crippen LogP) is 0.610. The molecule has 19 heavy (non-hydrogen) atoms. The maximum absolute atomic E-state index is 12.0. The monoisotopic (exact) mass is 281 g/mol. The molecule has 0 aromatic carbocycles. The van der Waals surface area contributed by atoms with Crippen LogP contribution in [-0.2, 0) is 6.54 Å². The fourth-order valence-electron chi connectivity index (χ4n) is 1.40. The number of tetrazole rings is 1. The third-order valence-electron chi connectivity index (χ3n) is 2.25. The van der Waals surface area contributed by atoms with Crippen LogP contribution in [0.5, 0.6) is 0 Å². The molecule has 0 spiro atoms. The first-order valence-electron chi connectivity index (χ1n) is 5.60. The average molecular weight is 282 g/mol. The number of hydrogen-bond donors (Lipinski definition) is 3. The van der Waals surface area contributed by atoms with Gasteiger partial charge in [0.1, 0.15) is 5.82 Å². The highest BCUT2D eigenvalue weighted by Crippen LogP contribution is 2.17. The highest BCUT2D eigenvalue weighted by atomic mass is 35.5. The fourth-order valence-corrected chi connectivity index (χ4v) is 1.59. The van der Waals surface area contributed by atoms with Crippen molar-refractivity contribution in [1.82, 2.24) is 30.9 Å². The molecular weight excluding hydrogens is 270 g/mol. The van der Waals surface area contributed by atoms with Gasteiger partial charge in [0.2, 0.25) is 0 Å². The Morgan fingerprint density at radius 1 is 1.53 bits per heavy atom. The molecule has 0 unspecified atom stereocenters. The van der Waals surface area contributed by atoms with Gasteiger partial charge in [-0.2, -0.15) is 5.21 Å². The molecule has 2 heterocycles. The second-order valence-corrected chi connectivity index (χ2v) is 4.00. The van der Waals surface area contributed by atoms with Crippen LogP contribution in [-0.4, -0.2) is 38.1 Å². The average Bonchev–Trinajstić information content (AvgIpc) is 2.92. The summed E-state index contributed by atoms with van der Waals surface area (Å²) in [6.45, 7) is 2.81. The molecule has 2 aromatic heterocycles. The molecule has 9 heteroatoms. The van der Waals surface area contributed by atoms with Crippen LogP contribution in [0.2, 0.25) is 5.02 Å². The van der Waals surface area contributed by atoms with E-state index in [2.05, 4.69) is 36.2 Å². The molecule has 0 atom stereocenters. The lowest BCUT2D eigenvalue weighted by Gasteiger charge is -2.07. The zero-order valence-electron chi connectivity index (χ0n) is 10.1. The van der Waals surface area contributed by atoms with Crippen LogP contribution < -0.4 is 10.6 Å². The number of nitrogens with one attached hydrogen (secondary N) is 3. The summed E-state index contributed by atoms with van der Waals surface area (Å²) >= 11 is 5.95. The number of pyridine rings is 1. The third-order valence-corrected chi connectivity index (χ3v) is 2.56. The lowest BCUT2D eigenvalue weighted by molar-refractivity contribution is 0.0950. The standard InChI is InChI=1S/C10H12ClN7O/c1-2-12-8-3-6(7(11)4-13-8)10(19)14-5-9-15-17-18-16-9/h3-4H,2,5H2,1H3,(H,12,13)(H,14,19)(H,15,16,17,18). The lowest BCUT2D eigenvalue weighted by Crippen LogP contribution is -2.24. The maximum Gasteiger partial charge on any atom is 0.253 e. The zero-order valence-corrected chi connectivity index (χ0v) is 10.9. The number of aromatic amines is 1. The molecule has 8 nitrogen and oxygen atoms in total. The van der Waals surface area contributed by atoms with Gasteiger partial charge in [0.15, 0.2) is 5.82 Å². The van der Waals surface area contributed by atoms with Crippen molar-refractivity contribution in [2.45, 2.75) is 13.5 Å². The highest BCUT2D eigenvalue weighted by molar-refractivity contribution is 6.33. The number of H-pyrrole nitrogens is 1. The molecule has 0 aliphatic rings. The number of carbonyl (C=O) groups is 1. The summed E-state index contributed by atoms with van der Waals surface area (Å²) in [5.74, 6) is 0.665. The van der Waals surface area contributed by atoms with E-state index in [0.29, 0.717) is 23.8 Å².